The van der Waals surface area contributed by atoms with Crippen molar-refractivity contribution in [2.45, 2.75) is 25.4 Å². The topological polar surface area (TPSA) is 0 Å². The molecule has 1 atom stereocenters. The van der Waals surface area contributed by atoms with Crippen LogP contribution >= 0.6 is 11.6 Å². The number of halogens is 2. The van der Waals surface area contributed by atoms with Gasteiger partial charge in [0.1, 0.15) is 6.17 Å². The van der Waals surface area contributed by atoms with Gasteiger partial charge in [-0.2, -0.15) is 0 Å². The zero-order valence-electron chi connectivity index (χ0n) is 7.47. The Morgan fingerprint density at radius 1 is 1.31 bits per heavy atom. The van der Waals surface area contributed by atoms with Gasteiger partial charge in [0.05, 0.1) is 0 Å². The smallest absolute Gasteiger partial charge is 0.104 e. The lowest BCUT2D eigenvalue weighted by molar-refractivity contribution is 0.314. The van der Waals surface area contributed by atoms with Gasteiger partial charge >= 0.3 is 0 Å². The first-order chi connectivity index (χ1) is 6.22. The molecule has 1 radical (unpaired) electrons. The standard InChI is InChI=1S/C11H13ClF/c1-2-3-11(13)8-9-4-6-10(12)7-5-9/h4-7,11H,1-3,8H2. The van der Waals surface area contributed by atoms with Crippen molar-refractivity contribution in [3.63, 3.8) is 0 Å². The van der Waals surface area contributed by atoms with Gasteiger partial charge in [0.2, 0.25) is 0 Å². The number of hydrogen-bond donors (Lipinski definition) is 0. The molecule has 0 N–H and O–H groups in total. The lowest BCUT2D eigenvalue weighted by atomic mass is 10.1. The van der Waals surface area contributed by atoms with E-state index in [-0.39, 0.29) is 0 Å². The van der Waals surface area contributed by atoms with Gasteiger partial charge < -0.3 is 0 Å². The molecule has 0 aliphatic rings. The quantitative estimate of drug-likeness (QED) is 0.692. The largest absolute Gasteiger partial charge is 0.247 e. The molecule has 1 rings (SSSR count). The van der Waals surface area contributed by atoms with Crippen molar-refractivity contribution >= 4 is 11.6 Å². The van der Waals surface area contributed by atoms with Crippen molar-refractivity contribution in [3.05, 3.63) is 41.8 Å². The third-order valence-electron chi connectivity index (χ3n) is 1.89. The minimum Gasteiger partial charge on any atom is -0.247 e. The number of rotatable bonds is 4. The molecule has 0 bridgehead atoms. The van der Waals surface area contributed by atoms with Crippen molar-refractivity contribution in [1.29, 1.82) is 0 Å². The molecular weight excluding hydrogens is 187 g/mol. The molecule has 0 aliphatic carbocycles. The molecule has 71 valence electrons. The van der Waals surface area contributed by atoms with Crippen molar-refractivity contribution in [1.82, 2.24) is 0 Å². The second-order valence-corrected chi connectivity index (χ2v) is 3.51. The van der Waals surface area contributed by atoms with Gasteiger partial charge in [-0.3, -0.25) is 0 Å². The third-order valence-corrected chi connectivity index (χ3v) is 2.14. The second kappa shape index (κ2) is 5.23. The van der Waals surface area contributed by atoms with Gasteiger partial charge in [-0.1, -0.05) is 37.1 Å². The third kappa shape index (κ3) is 3.77. The summed E-state index contributed by atoms with van der Waals surface area (Å²) in [5, 5.41) is 0.691. The summed E-state index contributed by atoms with van der Waals surface area (Å²) in [6.07, 6.45) is 0.864. The minimum absolute atomic E-state index is 0.465. The Labute approximate surface area is 83.7 Å². The van der Waals surface area contributed by atoms with Gasteiger partial charge in [0.15, 0.2) is 0 Å². The van der Waals surface area contributed by atoms with Crippen LogP contribution in [0, 0.1) is 6.92 Å². The van der Waals surface area contributed by atoms with Crippen LogP contribution in [0.1, 0.15) is 18.4 Å². The van der Waals surface area contributed by atoms with Crippen LogP contribution in [0.4, 0.5) is 4.39 Å². The molecule has 0 amide bonds. The van der Waals surface area contributed by atoms with Gasteiger partial charge in [0.25, 0.3) is 0 Å². The van der Waals surface area contributed by atoms with Crippen LogP contribution in [-0.4, -0.2) is 6.17 Å². The van der Waals surface area contributed by atoms with Gasteiger partial charge in [0, 0.05) is 11.4 Å². The van der Waals surface area contributed by atoms with Crippen LogP contribution in [0.5, 0.6) is 0 Å². The van der Waals surface area contributed by atoms with Crippen molar-refractivity contribution in [2.24, 2.45) is 0 Å². The Bertz CT molecular complexity index is 243. The summed E-state index contributed by atoms with van der Waals surface area (Å²) >= 11 is 5.71. The zero-order valence-corrected chi connectivity index (χ0v) is 8.23. The zero-order chi connectivity index (χ0) is 9.68. The Kier molecular flexibility index (Phi) is 4.23. The predicted molar refractivity (Wildman–Crippen MR) is 54.6 cm³/mol. The van der Waals surface area contributed by atoms with E-state index in [1.54, 1.807) is 12.1 Å². The average molecular weight is 200 g/mol. The van der Waals surface area contributed by atoms with Crippen LogP contribution in [0.2, 0.25) is 5.02 Å². The second-order valence-electron chi connectivity index (χ2n) is 3.07. The molecule has 1 aromatic carbocycles. The first kappa shape index (κ1) is 10.5. The summed E-state index contributed by atoms with van der Waals surface area (Å²) in [6, 6.07) is 7.29. The number of hydrogen-bond acceptors (Lipinski definition) is 0. The monoisotopic (exact) mass is 199 g/mol. The maximum atomic E-state index is 13.1. The molecular formula is C11H13ClF. The molecule has 0 spiro atoms. The fourth-order valence-electron chi connectivity index (χ4n) is 1.20. The molecule has 1 unspecified atom stereocenters. The summed E-state index contributed by atoms with van der Waals surface area (Å²) in [5.41, 5.74) is 0.991. The van der Waals surface area contributed by atoms with Crippen molar-refractivity contribution < 1.29 is 4.39 Å². The van der Waals surface area contributed by atoms with Crippen LogP contribution in [-0.2, 0) is 6.42 Å². The Hall–Kier alpha value is -0.560. The summed E-state index contributed by atoms with van der Waals surface area (Å²) in [4.78, 5) is 0. The Morgan fingerprint density at radius 2 is 1.92 bits per heavy atom. The molecule has 0 fully saturated rings. The number of alkyl halides is 1. The van der Waals surface area contributed by atoms with Crippen LogP contribution in [0.3, 0.4) is 0 Å². The maximum Gasteiger partial charge on any atom is 0.104 e. The van der Waals surface area contributed by atoms with Crippen molar-refractivity contribution in [3.8, 4) is 0 Å². The Morgan fingerprint density at radius 3 is 2.46 bits per heavy atom. The van der Waals surface area contributed by atoms with E-state index < -0.39 is 6.17 Å². The van der Waals surface area contributed by atoms with E-state index in [2.05, 4.69) is 6.92 Å². The highest BCUT2D eigenvalue weighted by Gasteiger charge is 2.05. The first-order valence-electron chi connectivity index (χ1n) is 4.40. The summed E-state index contributed by atoms with van der Waals surface area (Å²) in [5.74, 6) is 0. The van der Waals surface area contributed by atoms with E-state index in [9.17, 15) is 4.39 Å². The van der Waals surface area contributed by atoms with Crippen LogP contribution in [0.25, 0.3) is 0 Å². The van der Waals surface area contributed by atoms with E-state index in [4.69, 9.17) is 11.6 Å². The van der Waals surface area contributed by atoms with E-state index in [0.717, 1.165) is 5.56 Å². The fourth-order valence-corrected chi connectivity index (χ4v) is 1.33. The molecule has 2 heteroatoms. The molecule has 0 aromatic heterocycles. The Balaban J connectivity index is 2.49. The van der Waals surface area contributed by atoms with Crippen LogP contribution in [0.15, 0.2) is 24.3 Å². The van der Waals surface area contributed by atoms with Crippen LogP contribution < -0.4 is 0 Å². The lowest BCUT2D eigenvalue weighted by Gasteiger charge is -2.06. The summed E-state index contributed by atoms with van der Waals surface area (Å²) < 4.78 is 13.1. The van der Waals surface area contributed by atoms with Crippen molar-refractivity contribution in [2.75, 3.05) is 0 Å². The maximum absolute atomic E-state index is 13.1. The average Bonchev–Trinajstić information content (AvgIpc) is 2.09. The molecule has 0 nitrogen and oxygen atoms in total. The van der Waals surface area contributed by atoms with E-state index in [1.807, 2.05) is 12.1 Å². The highest BCUT2D eigenvalue weighted by atomic mass is 35.5. The van der Waals surface area contributed by atoms with Gasteiger partial charge in [-0.15, -0.1) is 0 Å². The normalized spacial score (nSPS) is 12.8. The predicted octanol–water partition coefficient (Wildman–Crippen LogP) is 3.83. The lowest BCUT2D eigenvalue weighted by Crippen LogP contribution is -2.03. The highest BCUT2D eigenvalue weighted by Crippen LogP contribution is 2.14. The molecule has 1 aromatic rings. The fraction of sp³-hybridized carbons (Fsp3) is 0.364. The van der Waals surface area contributed by atoms with Gasteiger partial charge in [-0.25, -0.2) is 4.39 Å². The number of benzene rings is 1. The molecule has 0 saturated carbocycles. The molecule has 13 heavy (non-hydrogen) atoms. The van der Waals surface area contributed by atoms with E-state index in [0.29, 0.717) is 24.3 Å². The van der Waals surface area contributed by atoms with E-state index in [1.165, 1.54) is 0 Å². The molecule has 0 saturated heterocycles. The molecule has 0 heterocycles. The van der Waals surface area contributed by atoms with E-state index >= 15 is 0 Å². The minimum atomic E-state index is -0.779. The molecule has 0 aliphatic heterocycles. The SMILES string of the molecule is [CH2]CCC(F)Cc1ccc(Cl)cc1. The van der Waals surface area contributed by atoms with Gasteiger partial charge in [-0.05, 0) is 24.1 Å². The first-order valence-corrected chi connectivity index (χ1v) is 4.78. The highest BCUT2D eigenvalue weighted by molar-refractivity contribution is 6.30. The summed E-state index contributed by atoms with van der Waals surface area (Å²) in [6.45, 7) is 3.62. The summed E-state index contributed by atoms with van der Waals surface area (Å²) in [7, 11) is 0.